The second kappa shape index (κ2) is 9.37. The minimum atomic E-state index is -4.02. The van der Waals surface area contributed by atoms with Crippen LogP contribution in [-0.4, -0.2) is 77.0 Å². The zero-order chi connectivity index (χ0) is 28.6. The normalized spacial score (nSPS) is 28.8. The largest absolute Gasteiger partial charge is 0.478 e. The first-order valence-electron chi connectivity index (χ1n) is 14.6. The molecule has 8 rings (SSSR count). The zero-order valence-electron chi connectivity index (χ0n) is 23.3. The van der Waals surface area contributed by atoms with Crippen LogP contribution in [0.25, 0.3) is 11.3 Å². The summed E-state index contributed by atoms with van der Waals surface area (Å²) >= 11 is 0. The third kappa shape index (κ3) is 4.89. The third-order valence-corrected chi connectivity index (χ3v) is 10.8. The van der Waals surface area contributed by atoms with Gasteiger partial charge in [-0.05, 0) is 86.3 Å². The topological polar surface area (TPSA) is 109 Å². The Labute approximate surface area is 239 Å². The van der Waals surface area contributed by atoms with Crippen molar-refractivity contribution in [2.45, 2.75) is 75.5 Å². The Morgan fingerprint density at radius 1 is 1.15 bits per heavy atom. The SMILES string of the molecule is CCOc1nc(-c2ccc(F)cc2)c(C2CC2)cc1CN1CCC2(CC1)CN(C13CC(CS(=O)(=O)O)(C1)C3)C(=O)O2. The summed E-state index contributed by atoms with van der Waals surface area (Å²) in [7, 11) is -4.02. The summed E-state index contributed by atoms with van der Waals surface area (Å²) in [5.74, 6) is 0.570. The molecule has 2 bridgehead atoms. The van der Waals surface area contributed by atoms with Gasteiger partial charge >= 0.3 is 6.09 Å². The van der Waals surface area contributed by atoms with Crippen molar-refractivity contribution in [2.75, 3.05) is 32.0 Å². The summed E-state index contributed by atoms with van der Waals surface area (Å²) in [4.78, 5) is 22.1. The van der Waals surface area contributed by atoms with Gasteiger partial charge in [0, 0.05) is 49.1 Å². The van der Waals surface area contributed by atoms with Crippen molar-refractivity contribution < 1.29 is 31.6 Å². The molecule has 2 saturated heterocycles. The minimum absolute atomic E-state index is 0.226. The highest BCUT2D eigenvalue weighted by Gasteiger charge is 2.74. The van der Waals surface area contributed by atoms with Gasteiger partial charge in [0.25, 0.3) is 10.1 Å². The first-order chi connectivity index (χ1) is 19.5. The van der Waals surface area contributed by atoms with E-state index in [0.29, 0.717) is 50.8 Å². The number of rotatable bonds is 9. The van der Waals surface area contributed by atoms with E-state index in [1.807, 2.05) is 11.8 Å². The summed E-state index contributed by atoms with van der Waals surface area (Å²) in [6.45, 7) is 5.19. The molecule has 2 aromatic rings. The fourth-order valence-electron chi connectivity index (χ4n) is 7.85. The maximum atomic E-state index is 13.6. The quantitative estimate of drug-likeness (QED) is 0.420. The Kier molecular flexibility index (Phi) is 6.19. The fraction of sp³-hybridized carbons (Fsp3) is 0.600. The molecule has 1 aromatic heterocycles. The van der Waals surface area contributed by atoms with Gasteiger partial charge in [-0.25, -0.2) is 14.2 Å². The van der Waals surface area contributed by atoms with Crippen LogP contribution < -0.4 is 4.74 Å². The fourth-order valence-corrected chi connectivity index (χ4v) is 8.93. The van der Waals surface area contributed by atoms with Crippen molar-refractivity contribution in [2.24, 2.45) is 5.41 Å². The van der Waals surface area contributed by atoms with Crippen molar-refractivity contribution >= 4 is 16.2 Å². The number of likely N-dealkylation sites (tertiary alicyclic amines) is 1. The lowest BCUT2D eigenvalue weighted by molar-refractivity contribution is -0.187. The number of halogens is 1. The van der Waals surface area contributed by atoms with Crippen LogP contribution in [0.4, 0.5) is 9.18 Å². The minimum Gasteiger partial charge on any atom is -0.478 e. The van der Waals surface area contributed by atoms with E-state index in [2.05, 4.69) is 11.0 Å². The number of hydrogen-bond acceptors (Lipinski definition) is 7. The number of amides is 1. The lowest BCUT2D eigenvalue weighted by atomic mass is 9.39. The van der Waals surface area contributed by atoms with Crippen molar-refractivity contribution in [3.63, 3.8) is 0 Å². The third-order valence-electron chi connectivity index (χ3n) is 9.81. The monoisotopic (exact) mass is 585 g/mol. The van der Waals surface area contributed by atoms with Gasteiger partial charge in [-0.3, -0.25) is 14.4 Å². The molecule has 4 saturated carbocycles. The molecule has 6 aliphatic rings. The highest BCUT2D eigenvalue weighted by molar-refractivity contribution is 7.85. The number of carbonyl (C=O) groups is 1. The van der Waals surface area contributed by atoms with E-state index in [9.17, 15) is 22.2 Å². The van der Waals surface area contributed by atoms with Crippen molar-refractivity contribution in [3.8, 4) is 17.1 Å². The molecule has 2 aliphatic heterocycles. The number of aromatic nitrogens is 1. The number of carbonyl (C=O) groups excluding carboxylic acids is 1. The van der Waals surface area contributed by atoms with Crippen LogP contribution in [0.2, 0.25) is 0 Å². The Morgan fingerprint density at radius 2 is 1.83 bits per heavy atom. The molecule has 0 atom stereocenters. The molecule has 1 spiro atoms. The van der Waals surface area contributed by atoms with Crippen LogP contribution in [0.3, 0.4) is 0 Å². The molecule has 220 valence electrons. The zero-order valence-corrected chi connectivity index (χ0v) is 24.1. The number of pyridine rings is 1. The lowest BCUT2D eigenvalue weighted by Gasteiger charge is -2.72. The molecule has 0 radical (unpaired) electrons. The van der Waals surface area contributed by atoms with Gasteiger partial charge in [-0.1, -0.05) is 0 Å². The highest BCUT2D eigenvalue weighted by atomic mass is 32.2. The number of hydrogen-bond donors (Lipinski definition) is 1. The Hall–Kier alpha value is -2.76. The standard InChI is InChI=1S/C30H36FN3O6S/c1-2-39-26-22(13-24(20-3-4-20)25(32-26)21-5-7-23(31)8-6-21)14-33-11-9-30(10-12-33)18-34(27(35)40-30)29-15-28(16-29,17-29)19-41(36,37)38/h5-8,13,20H,2-4,9-12,14-19H2,1H3,(H,36,37,38). The molecule has 3 heterocycles. The summed E-state index contributed by atoms with van der Waals surface area (Å²) in [6, 6.07) is 8.70. The van der Waals surface area contributed by atoms with E-state index in [1.54, 1.807) is 12.1 Å². The van der Waals surface area contributed by atoms with Crippen molar-refractivity contribution in [1.82, 2.24) is 14.8 Å². The smallest absolute Gasteiger partial charge is 0.410 e. The van der Waals surface area contributed by atoms with Gasteiger partial charge in [0.05, 0.1) is 24.6 Å². The Bertz CT molecular complexity index is 1460. The molecule has 41 heavy (non-hydrogen) atoms. The predicted molar refractivity (Wildman–Crippen MR) is 149 cm³/mol. The first kappa shape index (κ1) is 27.1. The second-order valence-corrected chi connectivity index (χ2v) is 14.5. The van der Waals surface area contributed by atoms with E-state index in [4.69, 9.17) is 14.5 Å². The maximum absolute atomic E-state index is 13.6. The molecule has 9 nitrogen and oxygen atoms in total. The molecule has 1 N–H and O–H groups in total. The van der Waals surface area contributed by atoms with Crippen LogP contribution in [0.5, 0.6) is 5.88 Å². The van der Waals surface area contributed by atoms with E-state index in [0.717, 1.165) is 55.6 Å². The number of ether oxygens (including phenoxy) is 2. The van der Waals surface area contributed by atoms with Gasteiger partial charge in [0.1, 0.15) is 11.4 Å². The summed E-state index contributed by atoms with van der Waals surface area (Å²) in [5, 5.41) is 0. The van der Waals surface area contributed by atoms with Gasteiger partial charge in [0.2, 0.25) is 5.88 Å². The van der Waals surface area contributed by atoms with E-state index >= 15 is 0 Å². The number of nitrogens with zero attached hydrogens (tertiary/aromatic N) is 3. The van der Waals surface area contributed by atoms with E-state index in [1.165, 1.54) is 17.7 Å². The summed E-state index contributed by atoms with van der Waals surface area (Å²) < 4.78 is 57.6. The van der Waals surface area contributed by atoms with Crippen molar-refractivity contribution in [1.29, 1.82) is 0 Å². The summed E-state index contributed by atoms with van der Waals surface area (Å²) in [6.07, 6.45) is 5.23. The van der Waals surface area contributed by atoms with E-state index < -0.39 is 15.7 Å². The van der Waals surface area contributed by atoms with Crippen LogP contribution in [0.1, 0.15) is 68.9 Å². The maximum Gasteiger partial charge on any atom is 0.410 e. The number of benzene rings is 1. The lowest BCUT2D eigenvalue weighted by Crippen LogP contribution is -2.76. The van der Waals surface area contributed by atoms with Crippen molar-refractivity contribution in [3.05, 3.63) is 47.3 Å². The number of piperidine rings is 1. The van der Waals surface area contributed by atoms with Crippen LogP contribution in [-0.2, 0) is 21.4 Å². The van der Waals surface area contributed by atoms with Crippen LogP contribution in [0, 0.1) is 11.2 Å². The van der Waals surface area contributed by atoms with Gasteiger partial charge < -0.3 is 9.47 Å². The molecule has 4 aliphatic carbocycles. The Balaban J connectivity index is 1.03. The van der Waals surface area contributed by atoms with Crippen LogP contribution in [0.15, 0.2) is 30.3 Å². The molecule has 1 amide bonds. The molecular weight excluding hydrogens is 549 g/mol. The second-order valence-electron chi connectivity index (χ2n) is 13.0. The highest BCUT2D eigenvalue weighted by Crippen LogP contribution is 2.71. The molecule has 11 heteroatoms. The van der Waals surface area contributed by atoms with Crippen LogP contribution >= 0.6 is 0 Å². The Morgan fingerprint density at radius 3 is 2.44 bits per heavy atom. The predicted octanol–water partition coefficient (Wildman–Crippen LogP) is 4.76. The van der Waals surface area contributed by atoms with Gasteiger partial charge in [-0.2, -0.15) is 8.42 Å². The molecule has 1 aromatic carbocycles. The molecule has 6 fully saturated rings. The van der Waals surface area contributed by atoms with Gasteiger partial charge in [0.15, 0.2) is 0 Å². The average Bonchev–Trinajstić information content (AvgIpc) is 3.67. The first-order valence-corrected chi connectivity index (χ1v) is 16.2. The van der Waals surface area contributed by atoms with E-state index in [-0.39, 0.29) is 28.6 Å². The summed E-state index contributed by atoms with van der Waals surface area (Å²) in [5.41, 5.74) is 2.76. The molecular formula is C30H36FN3O6S. The van der Waals surface area contributed by atoms with Gasteiger partial charge in [-0.15, -0.1) is 0 Å². The average molecular weight is 586 g/mol. The molecule has 0 unspecified atom stereocenters.